The first-order chi connectivity index (χ1) is 9.95. The number of aliphatic hydroxyl groups is 1. The molecule has 0 bridgehead atoms. The van der Waals surface area contributed by atoms with Crippen molar-refractivity contribution in [3.05, 3.63) is 12.7 Å². The predicted molar refractivity (Wildman–Crippen MR) is 63.7 cm³/mol. The molecule has 128 valence electrons. The van der Waals surface area contributed by atoms with Crippen molar-refractivity contribution < 1.29 is 41.0 Å². The smallest absolute Gasteiger partial charge is 0.430 e. The van der Waals surface area contributed by atoms with Crippen LogP contribution in [0.25, 0.3) is 0 Å². The lowest BCUT2D eigenvalue weighted by molar-refractivity contribution is -0.396. The third-order valence-corrected chi connectivity index (χ3v) is 3.76. The molecule has 9 heteroatoms. The molecule has 0 saturated heterocycles. The number of esters is 1. The summed E-state index contributed by atoms with van der Waals surface area (Å²) in [6.07, 6.45) is -12.9. The lowest BCUT2D eigenvalue weighted by atomic mass is 9.77. The number of hydrogen-bond donors (Lipinski definition) is 1. The van der Waals surface area contributed by atoms with Gasteiger partial charge >= 0.3 is 18.3 Å². The molecule has 1 aliphatic rings. The Morgan fingerprint density at radius 2 is 1.55 bits per heavy atom. The van der Waals surface area contributed by atoms with E-state index in [9.17, 15) is 36.2 Å². The summed E-state index contributed by atoms with van der Waals surface area (Å²) in [6, 6.07) is 0. The van der Waals surface area contributed by atoms with Gasteiger partial charge in [-0.2, -0.15) is 26.3 Å². The summed E-state index contributed by atoms with van der Waals surface area (Å²) >= 11 is 0. The van der Waals surface area contributed by atoms with Crippen LogP contribution in [-0.4, -0.2) is 35.1 Å². The van der Waals surface area contributed by atoms with Gasteiger partial charge < -0.3 is 9.84 Å². The lowest BCUT2D eigenvalue weighted by Crippen LogP contribution is -2.67. The molecule has 0 heterocycles. The zero-order valence-corrected chi connectivity index (χ0v) is 11.5. The summed E-state index contributed by atoms with van der Waals surface area (Å²) < 4.78 is 82.1. The number of carbonyl (C=O) groups excluding carboxylic acids is 1. The van der Waals surface area contributed by atoms with Gasteiger partial charge in [0.1, 0.15) is 0 Å². The Morgan fingerprint density at radius 3 is 1.91 bits per heavy atom. The second-order valence-electron chi connectivity index (χ2n) is 5.22. The van der Waals surface area contributed by atoms with Gasteiger partial charge in [0, 0.05) is 6.08 Å². The van der Waals surface area contributed by atoms with Gasteiger partial charge in [-0.1, -0.05) is 25.8 Å². The maximum atomic E-state index is 13.0. The number of carbonyl (C=O) groups is 1. The fourth-order valence-corrected chi connectivity index (χ4v) is 2.62. The Labute approximate surface area is 122 Å². The highest BCUT2D eigenvalue weighted by molar-refractivity contribution is 5.81. The maximum Gasteiger partial charge on any atom is 0.430 e. The van der Waals surface area contributed by atoms with Crippen molar-refractivity contribution >= 4 is 5.97 Å². The van der Waals surface area contributed by atoms with E-state index in [2.05, 4.69) is 11.3 Å². The van der Waals surface area contributed by atoms with Gasteiger partial charge in [0.2, 0.25) is 0 Å². The van der Waals surface area contributed by atoms with Gasteiger partial charge in [-0.25, -0.2) is 4.79 Å². The summed E-state index contributed by atoms with van der Waals surface area (Å²) in [5, 5.41) is 9.48. The number of hydrogen-bond acceptors (Lipinski definition) is 3. The van der Waals surface area contributed by atoms with Gasteiger partial charge in [-0.15, -0.1) is 0 Å². The minimum atomic E-state index is -6.03. The van der Waals surface area contributed by atoms with E-state index in [1.807, 2.05) is 0 Å². The highest BCUT2D eigenvalue weighted by Crippen LogP contribution is 2.49. The van der Waals surface area contributed by atoms with Crippen molar-refractivity contribution in [3.63, 3.8) is 0 Å². The van der Waals surface area contributed by atoms with Gasteiger partial charge in [-0.3, -0.25) is 0 Å². The van der Waals surface area contributed by atoms with Crippen LogP contribution in [0.5, 0.6) is 0 Å². The summed E-state index contributed by atoms with van der Waals surface area (Å²) in [4.78, 5) is 11.2. The average Bonchev–Trinajstić information content (AvgIpc) is 2.42. The Balaban J connectivity index is 3.30. The Kier molecular flexibility index (Phi) is 5.53. The Hall–Kier alpha value is -1.25. The monoisotopic (exact) mass is 334 g/mol. The lowest BCUT2D eigenvalue weighted by Gasteiger charge is -2.42. The van der Waals surface area contributed by atoms with Gasteiger partial charge in [-0.05, 0) is 18.8 Å². The number of ether oxygens (including phenoxy) is 1. The van der Waals surface area contributed by atoms with Crippen LogP contribution < -0.4 is 0 Å². The summed E-state index contributed by atoms with van der Waals surface area (Å²) in [6.45, 7) is 2.95. The predicted octanol–water partition coefficient (Wildman–Crippen LogP) is 3.52. The third kappa shape index (κ3) is 3.56. The molecule has 0 aromatic carbocycles. The standard InChI is InChI=1S/C13H16F6O3/c1-2-9(20)22-10(8-6-4-3-5-7-8)11(21,12(14,15)16)13(17,18)19/h2,8,10,21H,1,3-7H2. The van der Waals surface area contributed by atoms with Gasteiger partial charge in [0.25, 0.3) is 5.60 Å². The Bertz CT molecular complexity index is 395. The molecule has 0 spiro atoms. The molecule has 1 aliphatic carbocycles. The van der Waals surface area contributed by atoms with Crippen LogP contribution in [0.4, 0.5) is 26.3 Å². The van der Waals surface area contributed by atoms with Crippen LogP contribution in [0.2, 0.25) is 0 Å². The van der Waals surface area contributed by atoms with Gasteiger partial charge in [0.15, 0.2) is 6.10 Å². The molecule has 1 atom stereocenters. The van der Waals surface area contributed by atoms with Crippen LogP contribution in [0.1, 0.15) is 32.1 Å². The molecule has 0 radical (unpaired) electrons. The summed E-state index contributed by atoms with van der Waals surface area (Å²) in [7, 11) is 0. The first-order valence-electron chi connectivity index (χ1n) is 6.64. The van der Waals surface area contributed by atoms with Crippen molar-refractivity contribution in [2.45, 2.75) is 56.2 Å². The van der Waals surface area contributed by atoms with E-state index >= 15 is 0 Å². The van der Waals surface area contributed by atoms with E-state index in [1.54, 1.807) is 0 Å². The normalized spacial score (nSPS) is 19.6. The first-order valence-corrected chi connectivity index (χ1v) is 6.64. The van der Waals surface area contributed by atoms with E-state index in [1.165, 1.54) is 0 Å². The highest BCUT2D eigenvalue weighted by Gasteiger charge is 2.76. The molecule has 0 aromatic rings. The molecular weight excluding hydrogens is 318 g/mol. The molecular formula is C13H16F6O3. The Morgan fingerprint density at radius 1 is 1.09 bits per heavy atom. The van der Waals surface area contributed by atoms with Crippen molar-refractivity contribution in [3.8, 4) is 0 Å². The van der Waals surface area contributed by atoms with E-state index in [-0.39, 0.29) is 12.8 Å². The molecule has 1 fully saturated rings. The summed E-state index contributed by atoms with van der Waals surface area (Å²) in [5.41, 5.74) is -5.11. The van der Waals surface area contributed by atoms with Crippen LogP contribution in [0.15, 0.2) is 12.7 Å². The zero-order valence-electron chi connectivity index (χ0n) is 11.5. The first kappa shape index (κ1) is 18.8. The zero-order chi connectivity index (χ0) is 17.2. The van der Waals surface area contributed by atoms with Gasteiger partial charge in [0.05, 0.1) is 0 Å². The van der Waals surface area contributed by atoms with Crippen molar-refractivity contribution in [2.24, 2.45) is 5.92 Å². The van der Waals surface area contributed by atoms with Crippen molar-refractivity contribution in [2.75, 3.05) is 0 Å². The quantitative estimate of drug-likeness (QED) is 0.486. The van der Waals surface area contributed by atoms with E-state index < -0.39 is 35.9 Å². The van der Waals surface area contributed by atoms with Crippen LogP contribution in [0.3, 0.4) is 0 Å². The molecule has 1 unspecified atom stereocenters. The molecule has 1 saturated carbocycles. The molecule has 0 aliphatic heterocycles. The molecule has 0 aromatic heterocycles. The highest BCUT2D eigenvalue weighted by atomic mass is 19.4. The van der Waals surface area contributed by atoms with E-state index in [0.29, 0.717) is 25.3 Å². The average molecular weight is 334 g/mol. The van der Waals surface area contributed by atoms with Crippen LogP contribution >= 0.6 is 0 Å². The molecule has 1 rings (SSSR count). The number of alkyl halides is 6. The second kappa shape index (κ2) is 6.47. The SMILES string of the molecule is C=CC(=O)OC(C1CCCCC1)C(O)(C(F)(F)F)C(F)(F)F. The number of rotatable bonds is 4. The number of halogens is 6. The minimum Gasteiger partial charge on any atom is -0.455 e. The van der Waals surface area contributed by atoms with Crippen LogP contribution in [-0.2, 0) is 9.53 Å². The fraction of sp³-hybridized carbons (Fsp3) is 0.769. The van der Waals surface area contributed by atoms with E-state index in [0.717, 1.165) is 0 Å². The topological polar surface area (TPSA) is 46.5 Å². The van der Waals surface area contributed by atoms with E-state index in [4.69, 9.17) is 0 Å². The van der Waals surface area contributed by atoms with Crippen LogP contribution in [0, 0.1) is 5.92 Å². The summed E-state index contributed by atoms with van der Waals surface area (Å²) in [5.74, 6) is -2.67. The minimum absolute atomic E-state index is 0.00353. The van der Waals surface area contributed by atoms with Crippen molar-refractivity contribution in [1.82, 2.24) is 0 Å². The van der Waals surface area contributed by atoms with Crippen molar-refractivity contribution in [1.29, 1.82) is 0 Å². The largest absolute Gasteiger partial charge is 0.455 e. The molecule has 1 N–H and O–H groups in total. The maximum absolute atomic E-state index is 13.0. The fourth-order valence-electron chi connectivity index (χ4n) is 2.62. The molecule has 3 nitrogen and oxygen atoms in total. The third-order valence-electron chi connectivity index (χ3n) is 3.76. The molecule has 0 amide bonds. The molecule has 22 heavy (non-hydrogen) atoms. The second-order valence-corrected chi connectivity index (χ2v) is 5.22.